The topological polar surface area (TPSA) is 131 Å². The number of halogens is 3. The molecule has 2 aliphatic rings. The number of hydrogen-bond donors (Lipinski definition) is 2. The van der Waals surface area contributed by atoms with Crippen LogP contribution >= 0.6 is 34.8 Å². The number of nitriles is 1. The smallest absolute Gasteiger partial charge is 0.356 e. The van der Waals surface area contributed by atoms with E-state index in [-0.39, 0.29) is 47.2 Å². The van der Waals surface area contributed by atoms with Crippen molar-refractivity contribution >= 4 is 52.3 Å². The molecule has 1 heterocycles. The lowest BCUT2D eigenvalue weighted by atomic mass is 9.93. The SMILES string of the molecule is CC(C)n1nc(C(=O)O)cc1C1CC1(C#N)c1ccc(OCC(C(=O)C2CC2)=C(N)c2c(Cl)cccc2Cl)cc1Cl. The zero-order valence-corrected chi connectivity index (χ0v) is 24.6. The third-order valence-corrected chi connectivity index (χ3v) is 8.54. The van der Waals surface area contributed by atoms with Crippen LogP contribution in [-0.4, -0.2) is 33.2 Å². The van der Waals surface area contributed by atoms with E-state index in [2.05, 4.69) is 11.2 Å². The molecular weight excluding hydrogens is 587 g/mol. The van der Waals surface area contributed by atoms with Gasteiger partial charge in [-0.25, -0.2) is 4.79 Å². The van der Waals surface area contributed by atoms with Crippen molar-refractivity contribution in [2.45, 2.75) is 50.5 Å². The molecule has 2 unspecified atom stereocenters. The molecule has 8 nitrogen and oxygen atoms in total. The van der Waals surface area contributed by atoms with E-state index in [1.807, 2.05) is 13.8 Å². The quantitative estimate of drug-likeness (QED) is 0.240. The number of carboxylic acids is 1. The molecule has 5 rings (SSSR count). The average molecular weight is 614 g/mol. The van der Waals surface area contributed by atoms with E-state index >= 15 is 0 Å². The van der Waals surface area contributed by atoms with Crippen molar-refractivity contribution in [2.24, 2.45) is 11.7 Å². The third-order valence-electron chi connectivity index (χ3n) is 7.60. The number of carbonyl (C=O) groups excluding carboxylic acids is 1. The highest BCUT2D eigenvalue weighted by Crippen LogP contribution is 2.62. The van der Waals surface area contributed by atoms with Crippen molar-refractivity contribution < 1.29 is 19.4 Å². The van der Waals surface area contributed by atoms with Crippen LogP contribution in [-0.2, 0) is 10.2 Å². The van der Waals surface area contributed by atoms with E-state index in [0.29, 0.717) is 44.1 Å². The molecule has 0 radical (unpaired) electrons. The molecular formula is C30H27Cl3N4O4. The molecule has 212 valence electrons. The van der Waals surface area contributed by atoms with Gasteiger partial charge in [0.1, 0.15) is 12.4 Å². The molecule has 0 bridgehead atoms. The Morgan fingerprint density at radius 3 is 2.41 bits per heavy atom. The van der Waals surface area contributed by atoms with Gasteiger partial charge in [-0.1, -0.05) is 46.9 Å². The number of aromatic carboxylic acids is 1. The Kier molecular flexibility index (Phi) is 7.82. The van der Waals surface area contributed by atoms with E-state index in [1.165, 1.54) is 6.07 Å². The van der Waals surface area contributed by atoms with E-state index in [9.17, 15) is 20.0 Å². The van der Waals surface area contributed by atoms with E-state index in [4.69, 9.17) is 45.3 Å². The summed E-state index contributed by atoms with van der Waals surface area (Å²) in [6, 6.07) is 13.9. The third kappa shape index (κ3) is 5.42. The Bertz CT molecular complexity index is 1620. The van der Waals surface area contributed by atoms with Gasteiger partial charge < -0.3 is 15.6 Å². The van der Waals surface area contributed by atoms with Crippen LogP contribution in [0.3, 0.4) is 0 Å². The molecule has 41 heavy (non-hydrogen) atoms. The Balaban J connectivity index is 1.41. The minimum Gasteiger partial charge on any atom is -0.489 e. The number of nitrogens with zero attached hydrogens (tertiary/aromatic N) is 3. The highest BCUT2D eigenvalue weighted by Gasteiger charge is 2.59. The maximum absolute atomic E-state index is 13.1. The van der Waals surface area contributed by atoms with Gasteiger partial charge in [0.25, 0.3) is 0 Å². The summed E-state index contributed by atoms with van der Waals surface area (Å²) in [7, 11) is 0. The molecule has 2 fully saturated rings. The summed E-state index contributed by atoms with van der Waals surface area (Å²) in [5.41, 5.74) is 7.57. The van der Waals surface area contributed by atoms with Crippen LogP contribution in [0.1, 0.15) is 72.4 Å². The number of benzene rings is 2. The second-order valence-electron chi connectivity index (χ2n) is 10.7. The monoisotopic (exact) mass is 612 g/mol. The number of Topliss-reactive ketones (excluding diaryl/α,β-unsaturated/α-hetero) is 1. The van der Waals surface area contributed by atoms with Crippen LogP contribution in [0.25, 0.3) is 5.70 Å². The molecule has 2 atom stereocenters. The maximum atomic E-state index is 13.1. The summed E-state index contributed by atoms with van der Waals surface area (Å²) in [6.45, 7) is 3.69. The zero-order valence-electron chi connectivity index (χ0n) is 22.3. The van der Waals surface area contributed by atoms with Gasteiger partial charge >= 0.3 is 5.97 Å². The fourth-order valence-corrected chi connectivity index (χ4v) is 6.11. The zero-order chi connectivity index (χ0) is 29.6. The lowest BCUT2D eigenvalue weighted by molar-refractivity contribution is -0.116. The number of ketones is 1. The molecule has 3 N–H and O–H groups in total. The number of carbonyl (C=O) groups is 2. The lowest BCUT2D eigenvalue weighted by Crippen LogP contribution is -2.19. The van der Waals surface area contributed by atoms with Crippen molar-refractivity contribution in [2.75, 3.05) is 6.61 Å². The van der Waals surface area contributed by atoms with Gasteiger partial charge in [0.2, 0.25) is 0 Å². The minimum atomic E-state index is -1.13. The van der Waals surface area contributed by atoms with Crippen molar-refractivity contribution in [1.29, 1.82) is 5.26 Å². The predicted octanol–water partition coefficient (Wildman–Crippen LogP) is 6.80. The molecule has 0 saturated heterocycles. The molecule has 3 aromatic rings. The number of ether oxygens (including phenoxy) is 1. The van der Waals surface area contributed by atoms with Crippen molar-refractivity contribution in [1.82, 2.24) is 9.78 Å². The first-order valence-electron chi connectivity index (χ1n) is 13.1. The lowest BCUT2D eigenvalue weighted by Gasteiger charge is -2.17. The van der Waals surface area contributed by atoms with E-state index < -0.39 is 11.4 Å². The number of aromatic nitrogens is 2. The summed E-state index contributed by atoms with van der Waals surface area (Å²) in [4.78, 5) is 24.7. The first-order chi connectivity index (χ1) is 19.5. The molecule has 2 saturated carbocycles. The van der Waals surface area contributed by atoms with Gasteiger partial charge in [-0.05, 0) is 69.0 Å². The second kappa shape index (κ2) is 11.1. The summed E-state index contributed by atoms with van der Waals surface area (Å²) < 4.78 is 7.64. The predicted molar refractivity (Wildman–Crippen MR) is 156 cm³/mol. The van der Waals surface area contributed by atoms with Crippen LogP contribution in [0.5, 0.6) is 5.75 Å². The molecule has 1 aromatic heterocycles. The van der Waals surface area contributed by atoms with Gasteiger partial charge in [0.05, 0.1) is 32.8 Å². The van der Waals surface area contributed by atoms with Gasteiger partial charge in [0, 0.05) is 34.2 Å². The molecule has 0 aliphatic heterocycles. The standard InChI is InChI=1S/C30H27Cl3N4O4/c1-15(2)37-25(11-24(36-37)29(39)40)20-12-30(20,14-34)19-9-8-17(10-23(19)33)41-13-18(28(38)16-6-7-16)27(35)26-21(31)4-3-5-22(26)32/h3-5,8-11,15-16,20H,6-7,12-13,35H2,1-2H3,(H,39,40). The second-order valence-corrected chi connectivity index (χ2v) is 11.9. The summed E-state index contributed by atoms with van der Waals surface area (Å²) in [5, 5.41) is 24.9. The molecule has 2 aliphatic carbocycles. The van der Waals surface area contributed by atoms with Crippen LogP contribution < -0.4 is 10.5 Å². The van der Waals surface area contributed by atoms with Gasteiger partial charge in [-0.3, -0.25) is 9.48 Å². The Hall–Kier alpha value is -3.51. The van der Waals surface area contributed by atoms with Crippen LogP contribution in [0.4, 0.5) is 0 Å². The fraction of sp³-hybridized carbons (Fsp3) is 0.333. The van der Waals surface area contributed by atoms with Gasteiger partial charge in [0.15, 0.2) is 11.5 Å². The van der Waals surface area contributed by atoms with E-state index in [0.717, 1.165) is 12.8 Å². The fourth-order valence-electron chi connectivity index (χ4n) is 5.17. The van der Waals surface area contributed by atoms with Crippen molar-refractivity contribution in [3.8, 4) is 11.8 Å². The number of hydrogen-bond acceptors (Lipinski definition) is 6. The normalized spacial score (nSPS) is 20.4. The van der Waals surface area contributed by atoms with Crippen molar-refractivity contribution in [3.63, 3.8) is 0 Å². The first kappa shape index (κ1) is 29.0. The Morgan fingerprint density at radius 1 is 1.17 bits per heavy atom. The number of nitrogens with two attached hydrogens (primary N) is 1. The summed E-state index contributed by atoms with van der Waals surface area (Å²) in [5.74, 6) is -1.22. The molecule has 0 amide bonds. The highest BCUT2D eigenvalue weighted by molar-refractivity contribution is 6.37. The average Bonchev–Trinajstić information content (AvgIpc) is 3.85. The molecule has 11 heteroatoms. The summed E-state index contributed by atoms with van der Waals surface area (Å²) in [6.07, 6.45) is 2.04. The largest absolute Gasteiger partial charge is 0.489 e. The van der Waals surface area contributed by atoms with Gasteiger partial charge in [-0.15, -0.1) is 0 Å². The summed E-state index contributed by atoms with van der Waals surface area (Å²) >= 11 is 19.4. The molecule has 2 aromatic carbocycles. The van der Waals surface area contributed by atoms with Gasteiger partial charge in [-0.2, -0.15) is 10.4 Å². The number of carboxylic acid groups (broad SMARTS) is 1. The maximum Gasteiger partial charge on any atom is 0.356 e. The van der Waals surface area contributed by atoms with Crippen molar-refractivity contribution in [3.05, 3.63) is 85.6 Å². The van der Waals surface area contributed by atoms with Crippen LogP contribution in [0.15, 0.2) is 48.0 Å². The highest BCUT2D eigenvalue weighted by atomic mass is 35.5. The Labute approximate surface area is 252 Å². The number of rotatable bonds is 10. The molecule has 0 spiro atoms. The Morgan fingerprint density at radius 2 is 1.85 bits per heavy atom. The van der Waals surface area contributed by atoms with Crippen LogP contribution in [0.2, 0.25) is 15.1 Å². The first-order valence-corrected chi connectivity index (χ1v) is 14.3. The minimum absolute atomic E-state index is 0.0655. The van der Waals surface area contributed by atoms with E-state index in [1.54, 1.807) is 41.1 Å². The van der Waals surface area contributed by atoms with Crippen LogP contribution in [0, 0.1) is 17.2 Å².